The van der Waals surface area contributed by atoms with E-state index in [0.717, 1.165) is 66.5 Å². The van der Waals surface area contributed by atoms with E-state index in [0.29, 0.717) is 41.3 Å². The molecule has 2 amide bonds. The molecule has 6 aromatic rings. The molecule has 10 nitrogen and oxygen atoms in total. The summed E-state index contributed by atoms with van der Waals surface area (Å²) in [6.07, 6.45) is 8.01. The molecule has 1 saturated carbocycles. The molecule has 1 aliphatic rings. The van der Waals surface area contributed by atoms with E-state index in [-0.39, 0.29) is 24.0 Å². The number of nitrogens with zero attached hydrogens (tertiary/aromatic N) is 4. The minimum atomic E-state index is -1.04. The first-order chi connectivity index (χ1) is 28.4. The summed E-state index contributed by atoms with van der Waals surface area (Å²) in [6.45, 7) is 0.501. The van der Waals surface area contributed by atoms with Crippen molar-refractivity contribution < 1.29 is 19.2 Å². The van der Waals surface area contributed by atoms with E-state index in [1.165, 1.54) is 0 Å². The Kier molecular flexibility index (Phi) is 13.2. The first kappa shape index (κ1) is 39.9. The van der Waals surface area contributed by atoms with E-state index < -0.39 is 5.60 Å². The number of amides is 2. The van der Waals surface area contributed by atoms with Gasteiger partial charge in [0.1, 0.15) is 17.5 Å². The number of nitriles is 1. The molecule has 7 rings (SSSR count). The van der Waals surface area contributed by atoms with Crippen molar-refractivity contribution in [3.63, 3.8) is 0 Å². The van der Waals surface area contributed by atoms with Crippen LogP contribution in [0.1, 0.15) is 90.0 Å². The van der Waals surface area contributed by atoms with E-state index in [9.17, 15) is 9.59 Å². The number of unbranched alkanes of at least 4 members (excludes halogenated alkanes) is 2. The van der Waals surface area contributed by atoms with Crippen molar-refractivity contribution in [2.24, 2.45) is 0 Å². The maximum Gasteiger partial charge on any atom is 0.251 e. The number of carbonyl (C=O) groups is 2. The largest absolute Gasteiger partial charge is 0.490 e. The number of carbonyl (C=O) groups excluding carboxylic acids is 2. The Labute approximate surface area is 343 Å². The topological polar surface area (TPSA) is 131 Å². The molecule has 5 aromatic carbocycles. The number of benzene rings is 5. The zero-order chi connectivity index (χ0) is 40.2. The molecule has 0 aliphatic heterocycles. The van der Waals surface area contributed by atoms with Gasteiger partial charge in [0.2, 0.25) is 5.91 Å². The molecule has 0 saturated heterocycles. The molecule has 1 heterocycles. The molecular formula is C47H45ClN6O4. The Morgan fingerprint density at radius 3 is 2.00 bits per heavy atom. The van der Waals surface area contributed by atoms with Crippen LogP contribution < -0.4 is 15.5 Å². The lowest BCUT2D eigenvalue weighted by Gasteiger charge is -2.35. The fourth-order valence-electron chi connectivity index (χ4n) is 7.43. The highest BCUT2D eigenvalue weighted by atomic mass is 35.5. The molecule has 1 aliphatic carbocycles. The van der Waals surface area contributed by atoms with Gasteiger partial charge in [-0.25, -0.2) is 10.2 Å². The normalized spacial score (nSPS) is 15.2. The summed E-state index contributed by atoms with van der Waals surface area (Å²) in [4.78, 5) is 32.4. The van der Waals surface area contributed by atoms with Gasteiger partial charge in [0.15, 0.2) is 5.60 Å². The first-order valence-corrected chi connectivity index (χ1v) is 20.1. The second-order valence-electron chi connectivity index (χ2n) is 14.4. The van der Waals surface area contributed by atoms with Crippen LogP contribution in [0.5, 0.6) is 5.75 Å². The van der Waals surface area contributed by atoms with Crippen molar-refractivity contribution in [1.82, 2.24) is 25.8 Å². The van der Waals surface area contributed by atoms with Gasteiger partial charge >= 0.3 is 0 Å². The molecule has 1 fully saturated rings. The Hall–Kier alpha value is -6.28. The van der Waals surface area contributed by atoms with Gasteiger partial charge in [-0.05, 0) is 79.5 Å². The molecular weight excluding hydrogens is 748 g/mol. The molecule has 11 heteroatoms. The Morgan fingerprint density at radius 2 is 1.41 bits per heavy atom. The van der Waals surface area contributed by atoms with E-state index in [1.807, 2.05) is 114 Å². The van der Waals surface area contributed by atoms with Crippen molar-refractivity contribution in [2.45, 2.75) is 69.1 Å². The predicted octanol–water partition coefficient (Wildman–Crippen LogP) is 9.36. The Bertz CT molecular complexity index is 2210. The van der Waals surface area contributed by atoms with Crippen LogP contribution in [0, 0.1) is 11.3 Å². The van der Waals surface area contributed by atoms with Gasteiger partial charge in [-0.2, -0.15) is 5.26 Å². The number of nitrogens with one attached hydrogen (secondary N) is 2. The van der Waals surface area contributed by atoms with Crippen LogP contribution in [0.2, 0.25) is 5.02 Å². The Balaban J connectivity index is 0.836. The van der Waals surface area contributed by atoms with Crippen molar-refractivity contribution in [1.29, 1.82) is 5.26 Å². The van der Waals surface area contributed by atoms with Crippen LogP contribution in [0.4, 0.5) is 0 Å². The number of ether oxygens (including phenoxy) is 1. The van der Waals surface area contributed by atoms with Gasteiger partial charge in [0.05, 0.1) is 28.9 Å². The second-order valence-corrected chi connectivity index (χ2v) is 14.8. The SMILES string of the molecule is N#Cc1ccc(OC2CCC(n3cc(-c4ccc(C(=O)NCCCCCC(=O)NOC(c5ccccc5)(c5ccccc5)c5ccccc5)cc4)nn3)CC2)cc1Cl. The number of hydrogen-bond acceptors (Lipinski definition) is 7. The maximum atomic E-state index is 13.1. The lowest BCUT2D eigenvalue weighted by molar-refractivity contribution is -0.143. The number of rotatable bonds is 16. The van der Waals surface area contributed by atoms with E-state index in [4.69, 9.17) is 26.4 Å². The summed E-state index contributed by atoms with van der Waals surface area (Å²) in [5.41, 5.74) is 7.05. The van der Waals surface area contributed by atoms with Gasteiger partial charge < -0.3 is 10.1 Å². The third kappa shape index (κ3) is 9.63. The lowest BCUT2D eigenvalue weighted by atomic mass is 9.80. The lowest BCUT2D eigenvalue weighted by Crippen LogP contribution is -2.40. The van der Waals surface area contributed by atoms with Crippen molar-refractivity contribution in [3.8, 4) is 23.1 Å². The van der Waals surface area contributed by atoms with Crippen LogP contribution in [-0.4, -0.2) is 39.5 Å². The van der Waals surface area contributed by atoms with E-state index in [2.05, 4.69) is 27.2 Å². The minimum Gasteiger partial charge on any atom is -0.490 e. The predicted molar refractivity (Wildman–Crippen MR) is 223 cm³/mol. The summed E-state index contributed by atoms with van der Waals surface area (Å²) in [5, 5.41) is 21.3. The highest BCUT2D eigenvalue weighted by Crippen LogP contribution is 2.40. The summed E-state index contributed by atoms with van der Waals surface area (Å²) in [6, 6.07) is 44.5. The molecule has 2 N–H and O–H groups in total. The zero-order valence-corrected chi connectivity index (χ0v) is 32.9. The van der Waals surface area contributed by atoms with Crippen LogP contribution >= 0.6 is 11.6 Å². The quantitative estimate of drug-likeness (QED) is 0.0567. The summed E-state index contributed by atoms with van der Waals surface area (Å²) >= 11 is 6.17. The van der Waals surface area contributed by atoms with Gasteiger partial charge in [-0.1, -0.05) is 126 Å². The fraction of sp³-hybridized carbons (Fsp3) is 0.255. The third-order valence-corrected chi connectivity index (χ3v) is 10.9. The van der Waals surface area contributed by atoms with Crippen LogP contribution in [0.3, 0.4) is 0 Å². The molecule has 0 spiro atoms. The number of hydrogen-bond donors (Lipinski definition) is 2. The highest BCUT2D eigenvalue weighted by Gasteiger charge is 2.39. The molecule has 0 bridgehead atoms. The third-order valence-electron chi connectivity index (χ3n) is 10.6. The summed E-state index contributed by atoms with van der Waals surface area (Å²) < 4.78 is 8.06. The van der Waals surface area contributed by atoms with E-state index >= 15 is 0 Å². The second kappa shape index (κ2) is 19.2. The summed E-state index contributed by atoms with van der Waals surface area (Å²) in [5.74, 6) is 0.314. The average Bonchev–Trinajstić information content (AvgIpc) is 3.77. The standard InChI is InChI=1S/C47H45ClN6O4/c48-43-31-42(27-24-36(43)32-49)57-41-28-25-40(26-29-41)54-33-44(51-53-54)34-20-22-35(23-21-34)46(56)50-30-12-4-11-19-45(55)52-58-47(37-13-5-1-6-14-37,38-15-7-2-8-16-38)39-17-9-3-10-18-39/h1-3,5-10,13-18,20-24,27,31,33,40-41H,4,11-12,19,25-26,28-30H2,(H,50,56)(H,52,55). The number of hydroxylamine groups is 1. The maximum absolute atomic E-state index is 13.1. The average molecular weight is 793 g/mol. The molecule has 0 radical (unpaired) electrons. The van der Waals surface area contributed by atoms with Gasteiger partial charge in [-0.3, -0.25) is 14.4 Å². The Morgan fingerprint density at radius 1 is 0.793 bits per heavy atom. The summed E-state index contributed by atoms with van der Waals surface area (Å²) in [7, 11) is 0. The van der Waals surface area contributed by atoms with E-state index in [1.54, 1.807) is 30.3 Å². The first-order valence-electron chi connectivity index (χ1n) is 19.7. The van der Waals surface area contributed by atoms with Crippen LogP contribution in [-0.2, 0) is 15.2 Å². The molecule has 58 heavy (non-hydrogen) atoms. The number of aromatic nitrogens is 3. The van der Waals surface area contributed by atoms with Crippen molar-refractivity contribution >= 4 is 23.4 Å². The van der Waals surface area contributed by atoms with Crippen LogP contribution in [0.25, 0.3) is 11.3 Å². The van der Waals surface area contributed by atoms with Crippen molar-refractivity contribution in [3.05, 3.63) is 172 Å². The van der Waals surface area contributed by atoms with Crippen LogP contribution in [0.15, 0.2) is 140 Å². The zero-order valence-electron chi connectivity index (χ0n) is 32.1. The monoisotopic (exact) mass is 792 g/mol. The fourth-order valence-corrected chi connectivity index (χ4v) is 7.64. The molecule has 294 valence electrons. The molecule has 1 aromatic heterocycles. The minimum absolute atomic E-state index is 0.0707. The van der Waals surface area contributed by atoms with Crippen molar-refractivity contribution in [2.75, 3.05) is 6.54 Å². The van der Waals surface area contributed by atoms with Gasteiger partial charge in [0, 0.05) is 30.2 Å². The molecule has 0 atom stereocenters. The van der Waals surface area contributed by atoms with Gasteiger partial charge in [0.25, 0.3) is 5.91 Å². The number of halogens is 1. The molecule has 0 unspecified atom stereocenters. The smallest absolute Gasteiger partial charge is 0.251 e. The van der Waals surface area contributed by atoms with Gasteiger partial charge in [-0.15, -0.1) is 5.10 Å². The highest BCUT2D eigenvalue weighted by molar-refractivity contribution is 6.31.